The molecular formula is C12H16N4O. The quantitative estimate of drug-likeness (QED) is 0.847. The molecule has 17 heavy (non-hydrogen) atoms. The zero-order valence-corrected chi connectivity index (χ0v) is 9.67. The van der Waals surface area contributed by atoms with Crippen molar-refractivity contribution in [3.05, 3.63) is 24.2 Å². The zero-order valence-electron chi connectivity index (χ0n) is 9.67. The first-order chi connectivity index (χ1) is 8.31. The fourth-order valence-corrected chi connectivity index (χ4v) is 2.24. The summed E-state index contributed by atoms with van der Waals surface area (Å²) in [7, 11) is 0. The first-order valence-corrected chi connectivity index (χ1v) is 6.00. The van der Waals surface area contributed by atoms with Crippen LogP contribution < -0.4 is 5.73 Å². The third kappa shape index (κ3) is 2.24. The Morgan fingerprint density at radius 1 is 1.41 bits per heavy atom. The minimum absolute atomic E-state index is 0.651. The van der Waals surface area contributed by atoms with Gasteiger partial charge in [-0.2, -0.15) is 5.10 Å². The molecule has 5 nitrogen and oxygen atoms in total. The van der Waals surface area contributed by atoms with Gasteiger partial charge in [0.05, 0.1) is 0 Å². The second kappa shape index (κ2) is 4.33. The Kier molecular flexibility index (Phi) is 2.68. The maximum atomic E-state index is 5.72. The lowest BCUT2D eigenvalue weighted by Gasteiger charge is -2.20. The van der Waals surface area contributed by atoms with Crippen molar-refractivity contribution in [3.63, 3.8) is 0 Å². The molecule has 1 aliphatic rings. The fraction of sp³-hybridized carbons (Fsp3) is 0.500. The molecule has 2 aromatic heterocycles. The molecule has 0 radical (unpaired) electrons. The highest BCUT2D eigenvalue weighted by atomic mass is 16.5. The third-order valence-corrected chi connectivity index (χ3v) is 3.22. The van der Waals surface area contributed by atoms with E-state index in [-0.39, 0.29) is 0 Å². The van der Waals surface area contributed by atoms with E-state index < -0.39 is 0 Å². The van der Waals surface area contributed by atoms with Crippen LogP contribution in [-0.4, -0.2) is 27.8 Å². The van der Waals surface area contributed by atoms with E-state index in [1.54, 1.807) is 4.52 Å². The summed E-state index contributed by atoms with van der Waals surface area (Å²) in [5.41, 5.74) is 7.27. The third-order valence-electron chi connectivity index (χ3n) is 3.22. The molecule has 0 unspecified atom stereocenters. The molecule has 0 bridgehead atoms. The molecule has 3 heterocycles. The number of ether oxygens (including phenoxy) is 1. The lowest BCUT2D eigenvalue weighted by molar-refractivity contribution is 0.0660. The zero-order chi connectivity index (χ0) is 11.7. The van der Waals surface area contributed by atoms with Crippen LogP contribution in [0.15, 0.2) is 18.3 Å². The van der Waals surface area contributed by atoms with E-state index in [1.807, 2.05) is 18.3 Å². The number of aromatic nitrogens is 3. The summed E-state index contributed by atoms with van der Waals surface area (Å²) < 4.78 is 7.13. The van der Waals surface area contributed by atoms with Gasteiger partial charge in [0.1, 0.15) is 0 Å². The molecule has 0 atom stereocenters. The van der Waals surface area contributed by atoms with Gasteiger partial charge >= 0.3 is 0 Å². The summed E-state index contributed by atoms with van der Waals surface area (Å²) in [5.74, 6) is 1.56. The molecule has 0 amide bonds. The Labute approximate surface area is 99.6 Å². The van der Waals surface area contributed by atoms with Crippen LogP contribution in [-0.2, 0) is 11.2 Å². The maximum absolute atomic E-state index is 5.72. The van der Waals surface area contributed by atoms with Gasteiger partial charge in [-0.15, -0.1) is 0 Å². The maximum Gasteiger partial charge on any atom is 0.157 e. The highest BCUT2D eigenvalue weighted by Gasteiger charge is 2.16. The van der Waals surface area contributed by atoms with Crippen molar-refractivity contribution in [2.75, 3.05) is 18.9 Å². The van der Waals surface area contributed by atoms with E-state index in [1.165, 1.54) is 0 Å². The number of hydrogen-bond donors (Lipinski definition) is 1. The van der Waals surface area contributed by atoms with Gasteiger partial charge in [0.15, 0.2) is 11.5 Å². The van der Waals surface area contributed by atoms with E-state index in [9.17, 15) is 0 Å². The Hall–Kier alpha value is -1.62. The number of nitrogens with two attached hydrogens (primary N) is 1. The van der Waals surface area contributed by atoms with Crippen LogP contribution in [0.1, 0.15) is 18.7 Å². The number of fused-ring (bicyclic) bond motifs is 1. The molecule has 0 spiro atoms. The van der Waals surface area contributed by atoms with Crippen molar-refractivity contribution >= 4 is 11.3 Å². The molecular weight excluding hydrogens is 216 g/mol. The molecule has 1 fully saturated rings. The van der Waals surface area contributed by atoms with Crippen molar-refractivity contribution in [1.82, 2.24) is 14.6 Å². The number of rotatable bonds is 2. The second-order valence-electron chi connectivity index (χ2n) is 4.55. The fourth-order valence-electron chi connectivity index (χ4n) is 2.24. The van der Waals surface area contributed by atoms with Crippen LogP contribution in [0.4, 0.5) is 5.69 Å². The van der Waals surface area contributed by atoms with Crippen LogP contribution in [0.25, 0.3) is 5.65 Å². The summed E-state index contributed by atoms with van der Waals surface area (Å²) >= 11 is 0. The summed E-state index contributed by atoms with van der Waals surface area (Å²) in [5, 5.41) is 4.46. The Morgan fingerprint density at radius 2 is 2.24 bits per heavy atom. The number of anilines is 1. The van der Waals surface area contributed by atoms with Crippen molar-refractivity contribution in [2.45, 2.75) is 19.3 Å². The smallest absolute Gasteiger partial charge is 0.157 e. The van der Waals surface area contributed by atoms with Crippen molar-refractivity contribution in [3.8, 4) is 0 Å². The first kappa shape index (κ1) is 10.5. The van der Waals surface area contributed by atoms with Crippen LogP contribution in [0.3, 0.4) is 0 Å². The second-order valence-corrected chi connectivity index (χ2v) is 4.55. The highest BCUT2D eigenvalue weighted by Crippen LogP contribution is 2.19. The number of nitrogen functional groups attached to an aromatic ring is 1. The van der Waals surface area contributed by atoms with E-state index in [4.69, 9.17) is 10.5 Å². The molecule has 3 rings (SSSR count). The number of hydrogen-bond acceptors (Lipinski definition) is 4. The van der Waals surface area contributed by atoms with Crippen molar-refractivity contribution < 1.29 is 4.74 Å². The average Bonchev–Trinajstić information content (AvgIpc) is 2.71. The number of nitrogens with zero attached hydrogens (tertiary/aromatic N) is 3. The lowest BCUT2D eigenvalue weighted by Crippen LogP contribution is -2.18. The molecule has 2 aromatic rings. The molecule has 1 saturated heterocycles. The summed E-state index contributed by atoms with van der Waals surface area (Å²) in [6.45, 7) is 1.73. The summed E-state index contributed by atoms with van der Waals surface area (Å²) in [6.07, 6.45) is 5.01. The van der Waals surface area contributed by atoms with Gasteiger partial charge in [-0.25, -0.2) is 9.50 Å². The van der Waals surface area contributed by atoms with E-state index in [0.29, 0.717) is 5.92 Å². The number of pyridine rings is 1. The average molecular weight is 232 g/mol. The minimum atomic E-state index is 0.651. The standard InChI is InChI=1S/C12H16N4O/c13-10-1-4-16-12(8-10)14-11(15-16)7-9-2-5-17-6-3-9/h1,4,8-9H,2-3,5-7,13H2. The first-order valence-electron chi connectivity index (χ1n) is 6.00. The molecule has 1 aliphatic heterocycles. The topological polar surface area (TPSA) is 65.4 Å². The lowest BCUT2D eigenvalue weighted by atomic mass is 9.96. The normalized spacial score (nSPS) is 17.6. The van der Waals surface area contributed by atoms with Crippen molar-refractivity contribution in [1.29, 1.82) is 0 Å². The predicted octanol–water partition coefficient (Wildman–Crippen LogP) is 1.28. The van der Waals surface area contributed by atoms with Crippen molar-refractivity contribution in [2.24, 2.45) is 5.92 Å². The molecule has 0 aliphatic carbocycles. The van der Waals surface area contributed by atoms with Gasteiger partial charge in [0.25, 0.3) is 0 Å². The Morgan fingerprint density at radius 3 is 3.06 bits per heavy atom. The molecule has 5 heteroatoms. The van der Waals surface area contributed by atoms with Gasteiger partial charge in [-0.1, -0.05) is 0 Å². The Balaban J connectivity index is 1.80. The largest absolute Gasteiger partial charge is 0.399 e. The Bertz CT molecular complexity index is 516. The van der Waals surface area contributed by atoms with Gasteiger partial charge < -0.3 is 10.5 Å². The van der Waals surface area contributed by atoms with Gasteiger partial charge in [0.2, 0.25) is 0 Å². The van der Waals surface area contributed by atoms with Crippen LogP contribution >= 0.6 is 0 Å². The monoisotopic (exact) mass is 232 g/mol. The molecule has 0 saturated carbocycles. The van der Waals surface area contributed by atoms with Gasteiger partial charge in [-0.3, -0.25) is 0 Å². The SMILES string of the molecule is Nc1ccn2nc(CC3CCOCC3)nc2c1. The highest BCUT2D eigenvalue weighted by molar-refractivity contribution is 5.50. The van der Waals surface area contributed by atoms with Crippen LogP contribution in [0.2, 0.25) is 0 Å². The van der Waals surface area contributed by atoms with Gasteiger partial charge in [-0.05, 0) is 24.8 Å². The summed E-state index contributed by atoms with van der Waals surface area (Å²) in [4.78, 5) is 4.50. The molecule has 90 valence electrons. The van der Waals surface area contributed by atoms with E-state index in [2.05, 4.69) is 10.1 Å². The van der Waals surface area contributed by atoms with Gasteiger partial charge in [0, 0.05) is 37.6 Å². The van der Waals surface area contributed by atoms with E-state index >= 15 is 0 Å². The van der Waals surface area contributed by atoms with Crippen LogP contribution in [0.5, 0.6) is 0 Å². The predicted molar refractivity (Wildman–Crippen MR) is 64.6 cm³/mol. The summed E-state index contributed by atoms with van der Waals surface area (Å²) in [6, 6.07) is 3.68. The minimum Gasteiger partial charge on any atom is -0.399 e. The molecule has 0 aromatic carbocycles. The van der Waals surface area contributed by atoms with E-state index in [0.717, 1.165) is 49.6 Å². The van der Waals surface area contributed by atoms with Crippen LogP contribution in [0, 0.1) is 5.92 Å². The molecule has 2 N–H and O–H groups in total.